The van der Waals surface area contributed by atoms with Gasteiger partial charge in [-0.25, -0.2) is 8.42 Å². The molecule has 0 amide bonds. The van der Waals surface area contributed by atoms with Crippen molar-refractivity contribution in [1.82, 2.24) is 4.72 Å². The molecular weight excluding hydrogens is 444 g/mol. The van der Waals surface area contributed by atoms with Gasteiger partial charge in [0.2, 0.25) is 0 Å². The molecule has 0 bridgehead atoms. The van der Waals surface area contributed by atoms with Crippen molar-refractivity contribution in [1.29, 1.82) is 0 Å². The van der Waals surface area contributed by atoms with Gasteiger partial charge in [-0.1, -0.05) is 54.9 Å². The van der Waals surface area contributed by atoms with Crippen molar-refractivity contribution in [2.24, 2.45) is 5.92 Å². The molecule has 0 spiro atoms. The van der Waals surface area contributed by atoms with Crippen molar-refractivity contribution >= 4 is 44.6 Å². The minimum atomic E-state index is -4.05. The van der Waals surface area contributed by atoms with Gasteiger partial charge in [0.1, 0.15) is 9.75 Å². The molecule has 4 N–H and O–H groups in total. The highest BCUT2D eigenvalue weighted by molar-refractivity contribution is 7.91. The van der Waals surface area contributed by atoms with E-state index in [1.807, 2.05) is 30.3 Å². The van der Waals surface area contributed by atoms with E-state index >= 15 is 0 Å². The molecule has 9 heteroatoms. The number of thiophene rings is 1. The Labute approximate surface area is 183 Å². The first-order valence-corrected chi connectivity index (χ1v) is 11.8. The first-order chi connectivity index (χ1) is 14.2. The molecule has 1 saturated carbocycles. The van der Waals surface area contributed by atoms with Gasteiger partial charge in [-0.05, 0) is 41.3 Å². The first kappa shape index (κ1) is 20.9. The largest absolute Gasteiger partial charge is 0.480 e. The molecule has 1 heterocycles. The second kappa shape index (κ2) is 7.39. The van der Waals surface area contributed by atoms with Crippen LogP contribution in [0.3, 0.4) is 0 Å². The molecule has 0 aliphatic heterocycles. The van der Waals surface area contributed by atoms with Gasteiger partial charge >= 0.3 is 5.97 Å². The minimum Gasteiger partial charge on any atom is -0.480 e. The van der Waals surface area contributed by atoms with E-state index in [1.165, 1.54) is 6.07 Å². The third kappa shape index (κ3) is 3.39. The van der Waals surface area contributed by atoms with Crippen LogP contribution in [0.15, 0.2) is 64.9 Å². The summed E-state index contributed by atoms with van der Waals surface area (Å²) in [6, 6.07) is 17.3. The predicted molar refractivity (Wildman–Crippen MR) is 118 cm³/mol. The lowest BCUT2D eigenvalue weighted by Crippen LogP contribution is -2.45. The maximum absolute atomic E-state index is 13.1. The summed E-state index contributed by atoms with van der Waals surface area (Å²) in [7, 11) is -4.05. The maximum atomic E-state index is 13.1. The normalized spacial score (nSPS) is 23.3. The molecule has 1 aliphatic carbocycles. The number of hydrogen-bond acceptors (Lipinski definition) is 5. The van der Waals surface area contributed by atoms with Crippen molar-refractivity contribution in [2.45, 2.75) is 22.6 Å². The Hall–Kier alpha value is -2.39. The number of nitrogens with two attached hydrogens (primary N) is 1. The molecule has 0 saturated heterocycles. The van der Waals surface area contributed by atoms with Crippen molar-refractivity contribution < 1.29 is 18.3 Å². The van der Waals surface area contributed by atoms with Crippen LogP contribution in [-0.4, -0.2) is 25.0 Å². The van der Waals surface area contributed by atoms with Gasteiger partial charge in [-0.15, -0.1) is 11.3 Å². The molecule has 0 radical (unpaired) electrons. The van der Waals surface area contributed by atoms with E-state index in [1.54, 1.807) is 31.2 Å². The zero-order chi connectivity index (χ0) is 21.7. The third-order valence-electron chi connectivity index (χ3n) is 5.54. The summed E-state index contributed by atoms with van der Waals surface area (Å²) in [5, 5.41) is 10.3. The van der Waals surface area contributed by atoms with E-state index in [4.69, 9.17) is 17.3 Å². The molecule has 6 nitrogen and oxygen atoms in total. The Balaban J connectivity index is 1.65. The van der Waals surface area contributed by atoms with Crippen LogP contribution < -0.4 is 10.5 Å². The number of nitrogen functional groups attached to an aromatic ring is 1. The molecule has 2 aromatic carbocycles. The number of carboxylic acids is 1. The van der Waals surface area contributed by atoms with E-state index in [9.17, 15) is 18.3 Å². The highest BCUT2D eigenvalue weighted by Gasteiger charge is 2.70. The summed E-state index contributed by atoms with van der Waals surface area (Å²) in [5.41, 5.74) is 6.18. The number of hydrogen-bond donors (Lipinski definition) is 3. The summed E-state index contributed by atoms with van der Waals surface area (Å²) in [5.74, 6) is -2.01. The number of carbonyl (C=O) groups is 1. The number of rotatable bonds is 6. The SMILES string of the molecule is CC1[C@@H](c2ccccc2)[C@]1(NS(=O)(=O)c1ccc(-c2ccc(Cl)c(N)c2)s1)C(=O)O. The zero-order valence-corrected chi connectivity index (χ0v) is 18.3. The van der Waals surface area contributed by atoms with Gasteiger partial charge in [-0.2, -0.15) is 4.72 Å². The molecular formula is C21H19ClN2O4S2. The molecule has 156 valence electrons. The molecule has 1 aliphatic rings. The smallest absolute Gasteiger partial charge is 0.325 e. The van der Waals surface area contributed by atoms with Crippen LogP contribution in [-0.2, 0) is 14.8 Å². The van der Waals surface area contributed by atoms with Crippen LogP contribution in [0.25, 0.3) is 10.4 Å². The summed E-state index contributed by atoms with van der Waals surface area (Å²) >= 11 is 6.99. The van der Waals surface area contributed by atoms with Crippen molar-refractivity contribution in [3.63, 3.8) is 0 Å². The topological polar surface area (TPSA) is 109 Å². The van der Waals surface area contributed by atoms with Gasteiger partial charge in [0, 0.05) is 10.8 Å². The van der Waals surface area contributed by atoms with Crippen molar-refractivity contribution in [2.75, 3.05) is 5.73 Å². The fourth-order valence-electron chi connectivity index (χ4n) is 3.89. The zero-order valence-electron chi connectivity index (χ0n) is 15.9. The van der Waals surface area contributed by atoms with E-state index in [2.05, 4.69) is 4.72 Å². The lowest BCUT2D eigenvalue weighted by atomic mass is 10.1. The summed E-state index contributed by atoms with van der Waals surface area (Å²) < 4.78 is 28.7. The van der Waals surface area contributed by atoms with Crippen molar-refractivity contribution in [3.8, 4) is 10.4 Å². The Kier molecular flexibility index (Phi) is 5.14. The predicted octanol–water partition coefficient (Wildman–Crippen LogP) is 4.19. The van der Waals surface area contributed by atoms with E-state index in [-0.39, 0.29) is 10.1 Å². The fourth-order valence-corrected chi connectivity index (χ4v) is 6.77. The Morgan fingerprint density at radius 1 is 1.17 bits per heavy atom. The molecule has 1 aromatic heterocycles. The minimum absolute atomic E-state index is 0.0394. The van der Waals surface area contributed by atoms with E-state index in [0.717, 1.165) is 22.5 Å². The molecule has 1 unspecified atom stereocenters. The summed E-state index contributed by atoms with van der Waals surface area (Å²) in [4.78, 5) is 12.8. The monoisotopic (exact) mass is 462 g/mol. The molecule has 30 heavy (non-hydrogen) atoms. The number of carboxylic acid groups (broad SMARTS) is 1. The summed E-state index contributed by atoms with van der Waals surface area (Å²) in [6.45, 7) is 1.74. The lowest BCUT2D eigenvalue weighted by Gasteiger charge is -2.15. The standard InChI is InChI=1S/C21H19ClN2O4S2/c1-12-19(13-5-3-2-4-6-13)21(12,20(25)26)24-30(27,28)18-10-9-17(29-18)14-7-8-15(22)16(23)11-14/h2-12,19,24H,23H2,1H3,(H,25,26)/t12?,19-,21-/m0/s1. The van der Waals surface area contributed by atoms with Gasteiger partial charge < -0.3 is 10.8 Å². The quantitative estimate of drug-likeness (QED) is 0.476. The number of halogens is 1. The highest BCUT2D eigenvalue weighted by atomic mass is 35.5. The maximum Gasteiger partial charge on any atom is 0.325 e. The van der Waals surface area contributed by atoms with Gasteiger partial charge in [0.05, 0.1) is 10.7 Å². The fraction of sp³-hybridized carbons (Fsp3) is 0.190. The van der Waals surface area contributed by atoms with E-state index < -0.39 is 27.4 Å². The number of aliphatic carboxylic acids is 1. The van der Waals surface area contributed by atoms with Crippen LogP contribution >= 0.6 is 22.9 Å². The third-order valence-corrected chi connectivity index (χ3v) is 9.00. The Bertz CT molecular complexity index is 1230. The van der Waals surface area contributed by atoms with Crippen LogP contribution in [0.1, 0.15) is 18.4 Å². The Morgan fingerprint density at radius 3 is 2.50 bits per heavy atom. The number of anilines is 1. The average molecular weight is 463 g/mol. The van der Waals surface area contributed by atoms with Gasteiger partial charge in [0.15, 0.2) is 0 Å². The van der Waals surface area contributed by atoms with Crippen LogP contribution in [0.2, 0.25) is 5.02 Å². The van der Waals surface area contributed by atoms with Gasteiger partial charge in [0.25, 0.3) is 10.0 Å². The molecule has 4 rings (SSSR count). The van der Waals surface area contributed by atoms with Crippen LogP contribution in [0.5, 0.6) is 0 Å². The number of benzene rings is 2. The summed E-state index contributed by atoms with van der Waals surface area (Å²) in [6.07, 6.45) is 0. The van der Waals surface area contributed by atoms with Gasteiger partial charge in [-0.3, -0.25) is 4.79 Å². The highest BCUT2D eigenvalue weighted by Crippen LogP contribution is 2.58. The number of nitrogens with one attached hydrogen (secondary N) is 1. The molecule has 3 atom stereocenters. The van der Waals surface area contributed by atoms with Crippen LogP contribution in [0.4, 0.5) is 5.69 Å². The second-order valence-electron chi connectivity index (χ2n) is 7.31. The first-order valence-electron chi connectivity index (χ1n) is 9.14. The lowest BCUT2D eigenvalue weighted by molar-refractivity contribution is -0.140. The Morgan fingerprint density at radius 2 is 1.87 bits per heavy atom. The van der Waals surface area contributed by atoms with Crippen LogP contribution in [0, 0.1) is 5.92 Å². The molecule has 3 aromatic rings. The second-order valence-corrected chi connectivity index (χ2v) is 10.7. The average Bonchev–Trinajstić information content (AvgIpc) is 3.06. The van der Waals surface area contributed by atoms with E-state index in [0.29, 0.717) is 15.6 Å². The van der Waals surface area contributed by atoms with Crippen molar-refractivity contribution in [3.05, 3.63) is 71.2 Å². The molecule has 1 fully saturated rings. The number of sulfonamides is 1.